The fraction of sp³-hybridized carbons (Fsp3) is 0.579. The molecule has 8 nitrogen and oxygen atoms in total. The molecule has 2 aromatic heterocycles. The molecule has 0 spiro atoms. The Balaban J connectivity index is 1.95. The maximum absolute atomic E-state index is 15.2. The molecule has 1 saturated carbocycles. The highest BCUT2D eigenvalue weighted by Crippen LogP contribution is 2.45. The fourth-order valence-electron chi connectivity index (χ4n) is 4.27. The SMILES string of the molecule is CN[C@@H](C)[C@@H]1CCN(c2c(F)cn3c(=O)n(N)c(=O)c(C4CC4)c3c2OC)C1. The number of ether oxygens (including phenoxy) is 1. The molecule has 0 bridgehead atoms. The van der Waals surface area contributed by atoms with Gasteiger partial charge in [0.2, 0.25) is 0 Å². The standard InChI is InChI=1S/C19H26FN5O3/c1-10(22-2)12-6-7-23(8-12)15-13(20)9-24-16(17(15)28-3)14(11-4-5-11)18(26)25(21)19(24)27/h9-12,22H,4-8,21H2,1-3H3/t10-,12+/m0/s1. The summed E-state index contributed by atoms with van der Waals surface area (Å²) in [6.07, 6.45) is 3.72. The molecule has 1 saturated heterocycles. The summed E-state index contributed by atoms with van der Waals surface area (Å²) in [5, 5.41) is 3.25. The Kier molecular flexibility index (Phi) is 4.57. The molecule has 28 heavy (non-hydrogen) atoms. The van der Waals surface area contributed by atoms with Crippen molar-refractivity contribution in [2.24, 2.45) is 5.92 Å². The number of nitrogens with zero attached hydrogens (tertiary/aromatic N) is 3. The Bertz CT molecular complexity index is 1040. The van der Waals surface area contributed by atoms with Crippen molar-refractivity contribution in [2.45, 2.75) is 38.1 Å². The molecule has 0 radical (unpaired) electrons. The molecule has 2 fully saturated rings. The largest absolute Gasteiger partial charge is 0.492 e. The lowest BCUT2D eigenvalue weighted by Gasteiger charge is -2.25. The van der Waals surface area contributed by atoms with Gasteiger partial charge in [0.05, 0.1) is 18.9 Å². The molecular formula is C19H26FN5O3. The van der Waals surface area contributed by atoms with Crippen molar-refractivity contribution in [1.82, 2.24) is 14.4 Å². The number of nitrogen functional groups attached to an aromatic ring is 1. The zero-order valence-corrected chi connectivity index (χ0v) is 16.4. The van der Waals surface area contributed by atoms with Gasteiger partial charge in [0.25, 0.3) is 5.56 Å². The van der Waals surface area contributed by atoms with E-state index in [9.17, 15) is 9.59 Å². The second-order valence-corrected chi connectivity index (χ2v) is 7.80. The second-order valence-electron chi connectivity index (χ2n) is 7.80. The minimum atomic E-state index is -0.781. The van der Waals surface area contributed by atoms with Gasteiger partial charge in [-0.05, 0) is 45.1 Å². The van der Waals surface area contributed by atoms with Gasteiger partial charge in [-0.25, -0.2) is 9.18 Å². The van der Waals surface area contributed by atoms with Crippen molar-refractivity contribution >= 4 is 11.2 Å². The highest BCUT2D eigenvalue weighted by Gasteiger charge is 2.35. The molecule has 9 heteroatoms. The molecule has 4 rings (SSSR count). The van der Waals surface area contributed by atoms with Crippen LogP contribution in [0.15, 0.2) is 15.8 Å². The molecule has 2 aliphatic rings. The highest BCUT2D eigenvalue weighted by molar-refractivity contribution is 5.78. The third-order valence-electron chi connectivity index (χ3n) is 6.15. The van der Waals surface area contributed by atoms with E-state index in [-0.39, 0.29) is 11.7 Å². The first kappa shape index (κ1) is 18.8. The predicted molar refractivity (Wildman–Crippen MR) is 105 cm³/mol. The van der Waals surface area contributed by atoms with Crippen LogP contribution < -0.4 is 32.0 Å². The Labute approximate surface area is 161 Å². The number of hydrogen-bond donors (Lipinski definition) is 2. The lowest BCUT2D eigenvalue weighted by atomic mass is 10.0. The van der Waals surface area contributed by atoms with Crippen LogP contribution in [0.4, 0.5) is 10.1 Å². The minimum Gasteiger partial charge on any atom is -0.492 e. The lowest BCUT2D eigenvalue weighted by molar-refractivity contribution is 0.410. The minimum absolute atomic E-state index is 0.0146. The number of methoxy groups -OCH3 is 1. The van der Waals surface area contributed by atoms with Crippen molar-refractivity contribution in [2.75, 3.05) is 38.0 Å². The predicted octanol–water partition coefficient (Wildman–Crippen LogP) is 0.634. The summed E-state index contributed by atoms with van der Waals surface area (Å²) in [7, 11) is 3.36. The lowest BCUT2D eigenvalue weighted by Crippen LogP contribution is -2.44. The highest BCUT2D eigenvalue weighted by atomic mass is 19.1. The zero-order valence-electron chi connectivity index (χ0n) is 16.4. The van der Waals surface area contributed by atoms with Crippen LogP contribution >= 0.6 is 0 Å². The summed E-state index contributed by atoms with van der Waals surface area (Å²) in [6.45, 7) is 3.45. The van der Waals surface area contributed by atoms with Crippen LogP contribution in [0, 0.1) is 11.7 Å². The van der Waals surface area contributed by atoms with Crippen LogP contribution in [0.25, 0.3) is 5.52 Å². The average molecular weight is 391 g/mol. The number of halogens is 1. The molecule has 2 atom stereocenters. The van der Waals surface area contributed by atoms with Gasteiger partial charge in [0.15, 0.2) is 11.6 Å². The Morgan fingerprint density at radius 3 is 2.64 bits per heavy atom. The molecule has 3 N–H and O–H groups in total. The number of fused-ring (bicyclic) bond motifs is 1. The number of rotatable bonds is 5. The van der Waals surface area contributed by atoms with Gasteiger partial charge in [-0.1, -0.05) is 0 Å². The molecule has 1 aliphatic carbocycles. The van der Waals surface area contributed by atoms with E-state index in [1.165, 1.54) is 7.11 Å². The summed E-state index contributed by atoms with van der Waals surface area (Å²) in [5.74, 6) is 5.72. The molecule has 0 unspecified atom stereocenters. The number of anilines is 1. The Morgan fingerprint density at radius 1 is 1.32 bits per heavy atom. The summed E-state index contributed by atoms with van der Waals surface area (Å²) in [6, 6.07) is 0.300. The number of nitrogens with two attached hydrogens (primary N) is 1. The molecule has 2 aromatic rings. The first-order chi connectivity index (χ1) is 13.4. The smallest absolute Gasteiger partial charge is 0.354 e. The summed E-state index contributed by atoms with van der Waals surface area (Å²) < 4.78 is 22.4. The van der Waals surface area contributed by atoms with Crippen LogP contribution in [0.1, 0.15) is 37.7 Å². The van der Waals surface area contributed by atoms with Crippen LogP contribution in [-0.2, 0) is 0 Å². The molecule has 1 aliphatic heterocycles. The van der Waals surface area contributed by atoms with Crippen molar-refractivity contribution < 1.29 is 9.13 Å². The topological polar surface area (TPSA) is 94.0 Å². The van der Waals surface area contributed by atoms with E-state index in [0.717, 1.165) is 29.9 Å². The van der Waals surface area contributed by atoms with Crippen molar-refractivity contribution in [3.8, 4) is 5.75 Å². The van der Waals surface area contributed by atoms with Gasteiger partial charge >= 0.3 is 5.69 Å². The number of pyridine rings is 1. The third kappa shape index (κ3) is 2.76. The van der Waals surface area contributed by atoms with Gasteiger partial charge in [-0.15, -0.1) is 0 Å². The monoisotopic (exact) mass is 391 g/mol. The van der Waals surface area contributed by atoms with Gasteiger partial charge in [0.1, 0.15) is 11.2 Å². The maximum atomic E-state index is 15.2. The van der Waals surface area contributed by atoms with E-state index in [4.69, 9.17) is 10.6 Å². The van der Waals surface area contributed by atoms with Crippen molar-refractivity contribution in [3.05, 3.63) is 38.4 Å². The third-order valence-corrected chi connectivity index (χ3v) is 6.15. The molecule has 152 valence electrons. The summed E-state index contributed by atoms with van der Waals surface area (Å²) in [4.78, 5) is 27.2. The van der Waals surface area contributed by atoms with Crippen LogP contribution in [0.2, 0.25) is 0 Å². The van der Waals surface area contributed by atoms with Crippen molar-refractivity contribution in [1.29, 1.82) is 0 Å². The molecule has 3 heterocycles. The average Bonchev–Trinajstić information content (AvgIpc) is 3.41. The van der Waals surface area contributed by atoms with Gasteiger partial charge in [0, 0.05) is 19.1 Å². The molecule has 0 amide bonds. The van der Waals surface area contributed by atoms with Gasteiger partial charge in [-0.2, -0.15) is 4.68 Å². The Hall–Kier alpha value is -2.55. The van der Waals surface area contributed by atoms with Crippen LogP contribution in [0.3, 0.4) is 0 Å². The van der Waals surface area contributed by atoms with Gasteiger partial charge in [-0.3, -0.25) is 9.20 Å². The van der Waals surface area contributed by atoms with Crippen LogP contribution in [-0.4, -0.2) is 42.4 Å². The van der Waals surface area contributed by atoms with E-state index in [2.05, 4.69) is 12.2 Å². The molecular weight excluding hydrogens is 365 g/mol. The quantitative estimate of drug-likeness (QED) is 0.727. The van der Waals surface area contributed by atoms with E-state index in [0.29, 0.717) is 46.5 Å². The zero-order chi connectivity index (χ0) is 20.2. The van der Waals surface area contributed by atoms with Crippen LogP contribution in [0.5, 0.6) is 5.75 Å². The van der Waals surface area contributed by atoms with Gasteiger partial charge < -0.3 is 20.8 Å². The molecule has 0 aromatic carbocycles. The number of nitrogens with one attached hydrogen (secondary N) is 1. The maximum Gasteiger partial charge on any atom is 0.354 e. The summed E-state index contributed by atoms with van der Waals surface area (Å²) >= 11 is 0. The fourth-order valence-corrected chi connectivity index (χ4v) is 4.27. The number of aromatic nitrogens is 2. The summed E-state index contributed by atoms with van der Waals surface area (Å²) in [5.41, 5.74) is -0.241. The van der Waals surface area contributed by atoms with Crippen molar-refractivity contribution in [3.63, 3.8) is 0 Å². The normalized spacial score (nSPS) is 20.7. The number of hydrogen-bond acceptors (Lipinski definition) is 6. The van der Waals surface area contributed by atoms with E-state index in [1.54, 1.807) is 0 Å². The van der Waals surface area contributed by atoms with E-state index >= 15 is 4.39 Å². The first-order valence-corrected chi connectivity index (χ1v) is 9.64. The van der Waals surface area contributed by atoms with E-state index in [1.807, 2.05) is 11.9 Å². The Morgan fingerprint density at radius 2 is 2.04 bits per heavy atom. The van der Waals surface area contributed by atoms with E-state index < -0.39 is 17.1 Å². The second kappa shape index (κ2) is 6.80. The first-order valence-electron chi connectivity index (χ1n) is 9.64.